The van der Waals surface area contributed by atoms with E-state index in [9.17, 15) is 4.79 Å². The van der Waals surface area contributed by atoms with Crippen LogP contribution < -0.4 is 4.74 Å². The Kier molecular flexibility index (Phi) is 5.28. The van der Waals surface area contributed by atoms with Gasteiger partial charge in [-0.15, -0.1) is 0 Å². The lowest BCUT2D eigenvalue weighted by Crippen LogP contribution is -2.14. The maximum absolute atomic E-state index is 11.0. The van der Waals surface area contributed by atoms with Crippen molar-refractivity contribution in [1.29, 1.82) is 0 Å². The topological polar surface area (TPSA) is 55.8 Å². The number of ether oxygens (including phenoxy) is 2. The van der Waals surface area contributed by atoms with Crippen LogP contribution in [-0.2, 0) is 16.1 Å². The molecule has 5 heteroatoms. The lowest BCUT2D eigenvalue weighted by atomic mass is 10.2. The lowest BCUT2D eigenvalue weighted by Gasteiger charge is -2.07. The molecule has 0 aromatic heterocycles. The molecule has 0 unspecified atom stereocenters. The van der Waals surface area contributed by atoms with E-state index in [0.29, 0.717) is 17.9 Å². The Labute approximate surface area is 102 Å². The molecule has 4 nitrogen and oxygen atoms in total. The molecular weight excluding hydrogens is 276 g/mol. The number of carbonyl (C=O) groups is 1. The van der Waals surface area contributed by atoms with Gasteiger partial charge in [0.15, 0.2) is 6.61 Å². The molecule has 0 bridgehead atoms. The van der Waals surface area contributed by atoms with E-state index in [2.05, 4.69) is 15.9 Å². The second-order valence-corrected chi connectivity index (χ2v) is 3.86. The molecule has 0 amide bonds. The van der Waals surface area contributed by atoms with E-state index < -0.39 is 5.97 Å². The molecule has 88 valence electrons. The highest BCUT2D eigenvalue weighted by molar-refractivity contribution is 9.10. The van der Waals surface area contributed by atoms with Gasteiger partial charge in [0, 0.05) is 4.47 Å². The summed E-state index contributed by atoms with van der Waals surface area (Å²) in [6.07, 6.45) is 0. The van der Waals surface area contributed by atoms with Gasteiger partial charge in [-0.1, -0.05) is 15.9 Å². The zero-order valence-electron chi connectivity index (χ0n) is 8.90. The number of carbonyl (C=O) groups excluding carboxylic acids is 1. The van der Waals surface area contributed by atoms with Crippen molar-refractivity contribution in [1.82, 2.24) is 0 Å². The summed E-state index contributed by atoms with van der Waals surface area (Å²) in [5, 5.41) is 9.03. The van der Waals surface area contributed by atoms with Gasteiger partial charge in [0.1, 0.15) is 5.75 Å². The van der Waals surface area contributed by atoms with Crippen LogP contribution in [0.2, 0.25) is 0 Å². The summed E-state index contributed by atoms with van der Waals surface area (Å²) in [6, 6.07) is 5.14. The zero-order valence-corrected chi connectivity index (χ0v) is 10.5. The number of benzene rings is 1. The summed E-state index contributed by atoms with van der Waals surface area (Å²) in [4.78, 5) is 11.0. The van der Waals surface area contributed by atoms with E-state index in [1.165, 1.54) is 0 Å². The zero-order chi connectivity index (χ0) is 12.0. The minimum atomic E-state index is -0.407. The van der Waals surface area contributed by atoms with Gasteiger partial charge in [-0.3, -0.25) is 0 Å². The van der Waals surface area contributed by atoms with E-state index in [-0.39, 0.29) is 13.2 Å². The Hall–Kier alpha value is -1.07. The number of hydrogen-bond acceptors (Lipinski definition) is 4. The van der Waals surface area contributed by atoms with Crippen molar-refractivity contribution >= 4 is 21.9 Å². The second kappa shape index (κ2) is 6.50. The first-order chi connectivity index (χ1) is 7.67. The largest absolute Gasteiger partial charge is 0.482 e. The fourth-order valence-electron chi connectivity index (χ4n) is 1.11. The van der Waals surface area contributed by atoms with Crippen LogP contribution in [0.4, 0.5) is 0 Å². The molecule has 1 rings (SSSR count). The number of aliphatic hydroxyl groups excluding tert-OH is 1. The highest BCUT2D eigenvalue weighted by atomic mass is 79.9. The lowest BCUT2D eigenvalue weighted by molar-refractivity contribution is -0.145. The van der Waals surface area contributed by atoms with E-state index >= 15 is 0 Å². The molecule has 0 saturated carbocycles. The second-order valence-electron chi connectivity index (χ2n) is 3.01. The smallest absolute Gasteiger partial charge is 0.344 e. The van der Waals surface area contributed by atoms with Crippen molar-refractivity contribution in [3.8, 4) is 5.75 Å². The van der Waals surface area contributed by atoms with Crippen LogP contribution in [-0.4, -0.2) is 24.3 Å². The van der Waals surface area contributed by atoms with Crippen molar-refractivity contribution in [3.05, 3.63) is 28.2 Å². The molecule has 0 spiro atoms. The molecule has 0 radical (unpaired) electrons. The quantitative estimate of drug-likeness (QED) is 0.841. The molecule has 1 aromatic rings. The van der Waals surface area contributed by atoms with Crippen LogP contribution in [0, 0.1) is 0 Å². The summed E-state index contributed by atoms with van der Waals surface area (Å²) < 4.78 is 10.7. The minimum absolute atomic E-state index is 0.0861. The summed E-state index contributed by atoms with van der Waals surface area (Å²) >= 11 is 3.29. The molecule has 16 heavy (non-hydrogen) atoms. The normalized spacial score (nSPS) is 9.94. The van der Waals surface area contributed by atoms with Gasteiger partial charge >= 0.3 is 5.97 Å². The van der Waals surface area contributed by atoms with Crippen molar-refractivity contribution in [3.63, 3.8) is 0 Å². The van der Waals surface area contributed by atoms with Gasteiger partial charge in [-0.25, -0.2) is 4.79 Å². The standard InChI is InChI=1S/C11H13BrO4/c1-2-15-11(14)7-16-9-3-4-10(12)8(5-9)6-13/h3-5,13H,2,6-7H2,1H3. The Morgan fingerprint density at radius 1 is 1.50 bits per heavy atom. The van der Waals surface area contributed by atoms with Crippen LogP contribution in [0.5, 0.6) is 5.75 Å². The Morgan fingerprint density at radius 2 is 2.25 bits per heavy atom. The minimum Gasteiger partial charge on any atom is -0.482 e. The number of rotatable bonds is 5. The third-order valence-corrected chi connectivity index (χ3v) is 2.62. The fourth-order valence-corrected chi connectivity index (χ4v) is 1.48. The first-order valence-electron chi connectivity index (χ1n) is 4.85. The predicted molar refractivity (Wildman–Crippen MR) is 62.2 cm³/mol. The third kappa shape index (κ3) is 3.83. The van der Waals surface area contributed by atoms with Crippen molar-refractivity contribution in [2.24, 2.45) is 0 Å². The van der Waals surface area contributed by atoms with Gasteiger partial charge in [-0.2, -0.15) is 0 Å². The maximum atomic E-state index is 11.0. The number of aliphatic hydroxyl groups is 1. The molecule has 0 fully saturated rings. The molecular formula is C11H13BrO4. The maximum Gasteiger partial charge on any atom is 0.344 e. The number of hydrogen-bond donors (Lipinski definition) is 1. The monoisotopic (exact) mass is 288 g/mol. The van der Waals surface area contributed by atoms with Crippen LogP contribution in [0.15, 0.2) is 22.7 Å². The predicted octanol–water partition coefficient (Wildman–Crippen LogP) is 1.88. The average molecular weight is 289 g/mol. The molecule has 1 aromatic carbocycles. The van der Waals surface area contributed by atoms with Crippen molar-refractivity contribution in [2.75, 3.05) is 13.2 Å². The molecule has 0 atom stereocenters. The first kappa shape index (κ1) is 13.0. The van der Waals surface area contributed by atoms with Gasteiger partial charge in [0.05, 0.1) is 13.2 Å². The average Bonchev–Trinajstić information content (AvgIpc) is 2.28. The summed E-state index contributed by atoms with van der Waals surface area (Å²) in [5.41, 5.74) is 0.710. The Bertz CT molecular complexity index is 365. The SMILES string of the molecule is CCOC(=O)COc1ccc(Br)c(CO)c1. The summed E-state index contributed by atoms with van der Waals surface area (Å²) in [6.45, 7) is 1.86. The molecule has 0 aliphatic heterocycles. The highest BCUT2D eigenvalue weighted by Crippen LogP contribution is 2.22. The highest BCUT2D eigenvalue weighted by Gasteiger charge is 2.05. The molecule has 0 aliphatic rings. The van der Waals surface area contributed by atoms with Crippen molar-refractivity contribution < 1.29 is 19.4 Å². The molecule has 1 N–H and O–H groups in total. The number of esters is 1. The summed E-state index contributed by atoms with van der Waals surface area (Å²) in [7, 11) is 0. The van der Waals surface area contributed by atoms with E-state index in [1.54, 1.807) is 25.1 Å². The van der Waals surface area contributed by atoms with E-state index in [1.807, 2.05) is 0 Å². The summed E-state index contributed by atoms with van der Waals surface area (Å²) in [5.74, 6) is 0.122. The van der Waals surface area contributed by atoms with E-state index in [4.69, 9.17) is 14.6 Å². The Balaban J connectivity index is 2.57. The van der Waals surface area contributed by atoms with Crippen LogP contribution in [0.25, 0.3) is 0 Å². The molecule has 0 saturated heterocycles. The van der Waals surface area contributed by atoms with Gasteiger partial charge < -0.3 is 14.6 Å². The number of halogens is 1. The van der Waals surface area contributed by atoms with Gasteiger partial charge in [-0.05, 0) is 30.7 Å². The van der Waals surface area contributed by atoms with E-state index in [0.717, 1.165) is 4.47 Å². The molecule has 0 aliphatic carbocycles. The van der Waals surface area contributed by atoms with Gasteiger partial charge in [0.25, 0.3) is 0 Å². The van der Waals surface area contributed by atoms with Crippen LogP contribution >= 0.6 is 15.9 Å². The third-order valence-electron chi connectivity index (χ3n) is 1.85. The van der Waals surface area contributed by atoms with Crippen LogP contribution in [0.3, 0.4) is 0 Å². The van der Waals surface area contributed by atoms with Crippen LogP contribution in [0.1, 0.15) is 12.5 Å². The molecule has 0 heterocycles. The fraction of sp³-hybridized carbons (Fsp3) is 0.364. The Morgan fingerprint density at radius 3 is 2.88 bits per heavy atom. The first-order valence-corrected chi connectivity index (χ1v) is 5.64. The van der Waals surface area contributed by atoms with Gasteiger partial charge in [0.2, 0.25) is 0 Å². The van der Waals surface area contributed by atoms with Crippen molar-refractivity contribution in [2.45, 2.75) is 13.5 Å².